The van der Waals surface area contributed by atoms with Gasteiger partial charge in [-0.25, -0.2) is 4.79 Å². The smallest absolute Gasteiger partial charge is 0.407 e. The molecule has 1 aliphatic rings. The highest BCUT2D eigenvalue weighted by Gasteiger charge is 2.53. The molecule has 0 aromatic heterocycles. The summed E-state index contributed by atoms with van der Waals surface area (Å²) in [5.74, 6) is -2.16. The molecule has 58 heavy (non-hydrogen) atoms. The van der Waals surface area contributed by atoms with Gasteiger partial charge in [0.1, 0.15) is 25.4 Å². The highest BCUT2D eigenvalue weighted by molar-refractivity contribution is 5.77. The van der Waals surface area contributed by atoms with Crippen molar-refractivity contribution in [3.63, 3.8) is 0 Å². The normalized spacial score (nSPS) is 18.9. The van der Waals surface area contributed by atoms with Gasteiger partial charge in [-0.1, -0.05) is 166 Å². The molecular formula is C46H76N2O10. The van der Waals surface area contributed by atoms with Gasteiger partial charge in [-0.05, 0) is 18.4 Å². The fourth-order valence-corrected chi connectivity index (χ4v) is 7.49. The highest BCUT2D eigenvalue weighted by atomic mass is 16.6. The van der Waals surface area contributed by atoms with Crippen molar-refractivity contribution in [1.29, 1.82) is 0 Å². The summed E-state index contributed by atoms with van der Waals surface area (Å²) >= 11 is 0. The van der Waals surface area contributed by atoms with Gasteiger partial charge >= 0.3 is 24.0 Å². The molecule has 12 nitrogen and oxygen atoms in total. The number of amides is 2. The second-order valence-electron chi connectivity index (χ2n) is 15.8. The lowest BCUT2D eigenvalue weighted by molar-refractivity contribution is -0.245. The molecular weight excluding hydrogens is 741 g/mol. The molecule has 5 atom stereocenters. The molecule has 12 heteroatoms. The van der Waals surface area contributed by atoms with Crippen LogP contribution in [0.15, 0.2) is 30.3 Å². The van der Waals surface area contributed by atoms with Crippen LogP contribution in [0.4, 0.5) is 4.79 Å². The van der Waals surface area contributed by atoms with Crippen molar-refractivity contribution in [3.8, 4) is 0 Å². The van der Waals surface area contributed by atoms with Crippen LogP contribution in [0.25, 0.3) is 0 Å². The summed E-state index contributed by atoms with van der Waals surface area (Å²) in [5.41, 5.74) is 0.759. The number of rotatable bonds is 31. The molecule has 0 spiro atoms. The van der Waals surface area contributed by atoms with E-state index in [-0.39, 0.29) is 25.5 Å². The van der Waals surface area contributed by atoms with E-state index in [1.165, 1.54) is 104 Å². The van der Waals surface area contributed by atoms with Crippen LogP contribution in [0.5, 0.6) is 0 Å². The Bertz CT molecular complexity index is 1290. The van der Waals surface area contributed by atoms with Gasteiger partial charge in [-0.15, -0.1) is 0 Å². The summed E-state index contributed by atoms with van der Waals surface area (Å²) in [5, 5.41) is 2.81. The minimum absolute atomic E-state index is 0.0360. The average Bonchev–Trinajstić information content (AvgIpc) is 3.19. The van der Waals surface area contributed by atoms with Crippen molar-refractivity contribution >= 4 is 29.9 Å². The number of carbonyl (C=O) groups excluding carboxylic acids is 5. The molecule has 1 aromatic rings. The van der Waals surface area contributed by atoms with E-state index >= 15 is 0 Å². The van der Waals surface area contributed by atoms with Gasteiger partial charge < -0.3 is 33.9 Å². The van der Waals surface area contributed by atoms with Crippen LogP contribution in [-0.2, 0) is 49.5 Å². The Kier molecular flexibility index (Phi) is 27.2. The molecule has 0 saturated carbocycles. The molecule has 2 rings (SSSR count). The average molecular weight is 817 g/mol. The Morgan fingerprint density at radius 2 is 1.09 bits per heavy atom. The fraction of sp³-hybridized carbons (Fsp3) is 0.761. The molecule has 2 amide bonds. The Labute approximate surface area is 349 Å². The van der Waals surface area contributed by atoms with Gasteiger partial charge in [0.25, 0.3) is 0 Å². The maximum absolute atomic E-state index is 14.3. The van der Waals surface area contributed by atoms with Gasteiger partial charge in [0.2, 0.25) is 5.91 Å². The lowest BCUT2D eigenvalue weighted by atomic mass is 9.94. The van der Waals surface area contributed by atoms with E-state index in [1.807, 2.05) is 30.3 Å². The van der Waals surface area contributed by atoms with Crippen molar-refractivity contribution in [2.45, 2.75) is 213 Å². The second kappa shape index (κ2) is 31.3. The summed E-state index contributed by atoms with van der Waals surface area (Å²) < 4.78 is 29.0. The number of nitrogens with zero attached hydrogens (tertiary/aromatic N) is 1. The maximum Gasteiger partial charge on any atom is 0.407 e. The highest BCUT2D eigenvalue weighted by Crippen LogP contribution is 2.30. The number of alkyl carbamates (subject to hydrolysis) is 1. The van der Waals surface area contributed by atoms with Gasteiger partial charge in [0.15, 0.2) is 18.4 Å². The molecule has 0 aliphatic carbocycles. The first-order valence-electron chi connectivity index (χ1n) is 22.5. The van der Waals surface area contributed by atoms with E-state index in [2.05, 4.69) is 19.2 Å². The summed E-state index contributed by atoms with van der Waals surface area (Å²) in [6.45, 7) is 8.04. The van der Waals surface area contributed by atoms with Crippen molar-refractivity contribution in [1.82, 2.24) is 10.2 Å². The molecule has 1 aromatic carbocycles. The van der Waals surface area contributed by atoms with E-state index in [0.717, 1.165) is 44.1 Å². The zero-order valence-corrected chi connectivity index (χ0v) is 36.5. The minimum Gasteiger partial charge on any atom is -0.463 e. The SMILES string of the molecule is CCCCCCCCCCCCCC(=O)N(CCCCCCCCCCCC)[C@@H]1O[C@H](COC(C)=O)[C@@H](OC(C)=O)[C@H](OC(C)=O)[C@H]1NC(=O)OCc1ccccc1. The monoisotopic (exact) mass is 817 g/mol. The Balaban J connectivity index is 2.32. The number of nitrogens with one attached hydrogen (secondary N) is 1. The summed E-state index contributed by atoms with van der Waals surface area (Å²) in [6.07, 6.45) is 18.3. The predicted molar refractivity (Wildman–Crippen MR) is 225 cm³/mol. The van der Waals surface area contributed by atoms with E-state index in [4.69, 9.17) is 23.7 Å². The van der Waals surface area contributed by atoms with Crippen LogP contribution in [0, 0.1) is 0 Å². The Morgan fingerprint density at radius 3 is 1.59 bits per heavy atom. The topological polar surface area (TPSA) is 147 Å². The molecule has 330 valence electrons. The lowest BCUT2D eigenvalue weighted by Crippen LogP contribution is -2.70. The number of hydrogen-bond acceptors (Lipinski definition) is 10. The number of carbonyl (C=O) groups is 5. The number of ether oxygens (including phenoxy) is 5. The first-order chi connectivity index (χ1) is 28.1. The van der Waals surface area contributed by atoms with Crippen LogP contribution in [0.1, 0.15) is 181 Å². The summed E-state index contributed by atoms with van der Waals surface area (Å²) in [7, 11) is 0. The van der Waals surface area contributed by atoms with E-state index in [1.54, 1.807) is 4.90 Å². The zero-order valence-electron chi connectivity index (χ0n) is 36.5. The van der Waals surface area contributed by atoms with Gasteiger partial charge in [-0.3, -0.25) is 19.2 Å². The standard InChI is InChI=1S/C46H76N2O10/c1-6-8-10-12-14-16-18-19-21-23-28-32-41(52)48(33-29-24-22-20-17-15-13-11-9-7-2)45-42(47-46(53)55-34-39-30-26-25-27-31-39)44(57-38(5)51)43(56-37(4)50)40(58-45)35-54-36(3)49/h25-27,30-31,40,42-45H,6-24,28-29,32-35H2,1-5H3,(H,47,53)/t40-,42-,43-,44-,45-/m1/s1. The third-order valence-electron chi connectivity index (χ3n) is 10.6. The number of benzene rings is 1. The quantitative estimate of drug-likeness (QED) is 0.0436. The Hall–Kier alpha value is -3.67. The molecule has 0 bridgehead atoms. The largest absolute Gasteiger partial charge is 0.463 e. The maximum atomic E-state index is 14.3. The number of unbranched alkanes of at least 4 members (excludes halogenated alkanes) is 19. The van der Waals surface area contributed by atoms with Crippen molar-refractivity contribution in [3.05, 3.63) is 35.9 Å². The first-order valence-corrected chi connectivity index (χ1v) is 22.5. The molecule has 1 aliphatic heterocycles. The Morgan fingerprint density at radius 1 is 0.603 bits per heavy atom. The number of esters is 3. The van der Waals surface area contributed by atoms with Crippen LogP contribution < -0.4 is 5.32 Å². The second-order valence-corrected chi connectivity index (χ2v) is 15.8. The van der Waals surface area contributed by atoms with Gasteiger partial charge in [0.05, 0.1) is 0 Å². The van der Waals surface area contributed by atoms with Gasteiger partial charge in [0, 0.05) is 33.7 Å². The lowest BCUT2D eigenvalue weighted by Gasteiger charge is -2.48. The fourth-order valence-electron chi connectivity index (χ4n) is 7.49. The summed E-state index contributed by atoms with van der Waals surface area (Å²) in [4.78, 5) is 66.5. The van der Waals surface area contributed by atoms with E-state index in [0.29, 0.717) is 19.4 Å². The van der Waals surface area contributed by atoms with Crippen LogP contribution in [-0.4, -0.2) is 78.5 Å². The van der Waals surface area contributed by atoms with Crippen LogP contribution in [0.3, 0.4) is 0 Å². The zero-order chi connectivity index (χ0) is 42.4. The first kappa shape index (κ1) is 50.5. The third-order valence-corrected chi connectivity index (χ3v) is 10.6. The molecule has 1 fully saturated rings. The minimum atomic E-state index is -1.31. The van der Waals surface area contributed by atoms with Crippen molar-refractivity contribution in [2.75, 3.05) is 13.2 Å². The molecule has 1 heterocycles. The molecule has 0 unspecified atom stereocenters. The molecule has 1 N–H and O–H groups in total. The van der Waals surface area contributed by atoms with Crippen molar-refractivity contribution in [2.24, 2.45) is 0 Å². The third kappa shape index (κ3) is 21.9. The van der Waals surface area contributed by atoms with Crippen molar-refractivity contribution < 1.29 is 47.7 Å². The van der Waals surface area contributed by atoms with E-state index in [9.17, 15) is 24.0 Å². The molecule has 1 saturated heterocycles. The summed E-state index contributed by atoms with van der Waals surface area (Å²) in [6, 6.07) is 7.96. The van der Waals surface area contributed by atoms with Crippen LogP contribution >= 0.6 is 0 Å². The number of hydrogen-bond donors (Lipinski definition) is 1. The van der Waals surface area contributed by atoms with E-state index < -0.39 is 54.6 Å². The predicted octanol–water partition coefficient (Wildman–Crippen LogP) is 9.88. The molecule has 0 radical (unpaired) electrons. The van der Waals surface area contributed by atoms with Crippen LogP contribution in [0.2, 0.25) is 0 Å². The van der Waals surface area contributed by atoms with Gasteiger partial charge in [-0.2, -0.15) is 0 Å².